The van der Waals surface area contributed by atoms with E-state index in [1.165, 1.54) is 25.7 Å². The third kappa shape index (κ3) is 5.60. The van der Waals surface area contributed by atoms with E-state index in [9.17, 15) is 9.59 Å². The number of carbonyl (C=O) groups is 2. The largest absolute Gasteiger partial charge is 0.468 e. The average Bonchev–Trinajstić information content (AvgIpc) is 3.78. The van der Waals surface area contributed by atoms with Gasteiger partial charge in [-0.2, -0.15) is 20.0 Å². The first-order valence-electron chi connectivity index (χ1n) is 15.2. The molecule has 2 atom stereocenters. The maximum Gasteiger partial charge on any atom is 0.259 e. The Kier molecular flexibility index (Phi) is 8.28. The van der Waals surface area contributed by atoms with Gasteiger partial charge in [0.15, 0.2) is 5.78 Å². The van der Waals surface area contributed by atoms with Crippen LogP contribution in [0.15, 0.2) is 0 Å². The van der Waals surface area contributed by atoms with Crippen molar-refractivity contribution in [1.29, 1.82) is 0 Å². The lowest BCUT2D eigenvalue weighted by atomic mass is 9.88. The van der Waals surface area contributed by atoms with Gasteiger partial charge in [0.25, 0.3) is 5.17 Å². The molecule has 5 fully saturated rings. The van der Waals surface area contributed by atoms with Crippen LogP contribution in [0.25, 0.3) is 0 Å². The van der Waals surface area contributed by atoms with Gasteiger partial charge in [0, 0.05) is 58.9 Å². The average molecular weight is 587 g/mol. The van der Waals surface area contributed by atoms with Crippen molar-refractivity contribution in [2.75, 3.05) is 86.8 Å². The van der Waals surface area contributed by atoms with E-state index >= 15 is 0 Å². The van der Waals surface area contributed by atoms with Gasteiger partial charge in [-0.05, 0) is 50.2 Å². The molecule has 0 amide bonds. The fraction of sp³-hybridized carbons (Fsp3) is 0.786. The van der Waals surface area contributed by atoms with Crippen molar-refractivity contribution in [2.45, 2.75) is 57.9 Å². The fourth-order valence-corrected chi connectivity index (χ4v) is 6.92. The minimum atomic E-state index is -1.08. The number of piperazine rings is 1. The number of thiocarbonyl (C=S) groups is 1. The number of rotatable bonds is 8. The molecule has 0 spiro atoms. The molecule has 41 heavy (non-hydrogen) atoms. The summed E-state index contributed by atoms with van der Waals surface area (Å²) in [6.07, 6.45) is 5.20. The number of carbonyl (C=O) groups excluding carboxylic acids is 2. The van der Waals surface area contributed by atoms with E-state index in [1.807, 2.05) is 4.90 Å². The first-order valence-corrected chi connectivity index (χ1v) is 15.6. The van der Waals surface area contributed by atoms with Crippen molar-refractivity contribution in [3.05, 3.63) is 0 Å². The molecule has 6 rings (SSSR count). The molecule has 12 nitrogen and oxygen atoms in total. The van der Waals surface area contributed by atoms with Gasteiger partial charge in [0.2, 0.25) is 17.8 Å². The van der Waals surface area contributed by atoms with E-state index in [1.54, 1.807) is 5.06 Å². The molecule has 1 aromatic heterocycles. The molecule has 5 heterocycles. The molecule has 1 aromatic rings. The molecule has 13 heteroatoms. The van der Waals surface area contributed by atoms with Gasteiger partial charge >= 0.3 is 0 Å². The van der Waals surface area contributed by atoms with Crippen molar-refractivity contribution >= 4 is 46.8 Å². The van der Waals surface area contributed by atoms with Crippen molar-refractivity contribution in [3.63, 3.8) is 0 Å². The lowest BCUT2D eigenvalue weighted by molar-refractivity contribution is -0.217. The van der Waals surface area contributed by atoms with Crippen LogP contribution in [0, 0.1) is 11.8 Å². The van der Waals surface area contributed by atoms with Gasteiger partial charge in [-0.15, -0.1) is 0 Å². The molecule has 0 bridgehead atoms. The van der Waals surface area contributed by atoms with Crippen molar-refractivity contribution < 1.29 is 19.2 Å². The number of fused-ring (bicyclic) bond motifs is 1. The normalized spacial score (nSPS) is 27.0. The SMILES string of the molecule is CC(C)CON1CCC2C(=O)CC(=O)C21COC(=S)N1CCN(c2nc(N3CCCC3)nc(N3CCCC3)n2)CC1. The van der Waals surface area contributed by atoms with Crippen LogP contribution in [0.1, 0.15) is 52.4 Å². The van der Waals surface area contributed by atoms with Gasteiger partial charge in [-0.1, -0.05) is 13.8 Å². The minimum Gasteiger partial charge on any atom is -0.468 e. The molecule has 224 valence electrons. The Morgan fingerprint density at radius 2 is 1.39 bits per heavy atom. The summed E-state index contributed by atoms with van der Waals surface area (Å²) in [5, 5.41) is 2.06. The fourth-order valence-electron chi connectivity index (χ4n) is 6.68. The van der Waals surface area contributed by atoms with Crippen LogP contribution in [0.4, 0.5) is 17.8 Å². The third-order valence-electron chi connectivity index (χ3n) is 9.03. The summed E-state index contributed by atoms with van der Waals surface area (Å²) < 4.78 is 6.13. The predicted octanol–water partition coefficient (Wildman–Crippen LogP) is 1.69. The highest BCUT2D eigenvalue weighted by molar-refractivity contribution is 7.80. The Bertz CT molecular complexity index is 1120. The van der Waals surface area contributed by atoms with Gasteiger partial charge in [-0.25, -0.2) is 0 Å². The molecule has 0 aromatic carbocycles. The number of ether oxygens (including phenoxy) is 1. The summed E-state index contributed by atoms with van der Waals surface area (Å²) in [4.78, 5) is 55.2. The first-order chi connectivity index (χ1) is 19.8. The minimum absolute atomic E-state index is 0.0206. The summed E-state index contributed by atoms with van der Waals surface area (Å²) in [5.74, 6) is 2.03. The quantitative estimate of drug-likeness (QED) is 0.326. The molecular formula is C28H42N8O4S. The monoisotopic (exact) mass is 586 g/mol. The van der Waals surface area contributed by atoms with E-state index in [-0.39, 0.29) is 24.6 Å². The summed E-state index contributed by atoms with van der Waals surface area (Å²) in [7, 11) is 0. The molecule has 0 radical (unpaired) electrons. The maximum atomic E-state index is 13.2. The second kappa shape index (κ2) is 11.9. The second-order valence-corrected chi connectivity index (χ2v) is 12.6. The zero-order chi connectivity index (χ0) is 28.6. The number of ketones is 2. The van der Waals surface area contributed by atoms with Gasteiger partial charge in [-0.3, -0.25) is 14.4 Å². The van der Waals surface area contributed by atoms with Gasteiger partial charge in [0.05, 0.1) is 18.9 Å². The molecule has 1 saturated carbocycles. The number of Topliss-reactive ketones (excluding diaryl/α,β-unsaturated/α-hetero) is 2. The number of aromatic nitrogens is 3. The van der Waals surface area contributed by atoms with E-state index in [4.69, 9.17) is 36.7 Å². The third-order valence-corrected chi connectivity index (χ3v) is 9.40. The Labute approximate surface area is 247 Å². The number of hydrogen-bond acceptors (Lipinski definition) is 12. The smallest absolute Gasteiger partial charge is 0.259 e. The zero-order valence-electron chi connectivity index (χ0n) is 24.3. The van der Waals surface area contributed by atoms with Crippen LogP contribution in [0.2, 0.25) is 0 Å². The van der Waals surface area contributed by atoms with Crippen LogP contribution in [-0.2, 0) is 19.2 Å². The lowest BCUT2D eigenvalue weighted by Gasteiger charge is -2.38. The van der Waals surface area contributed by atoms with E-state index in [2.05, 4.69) is 28.5 Å². The molecule has 4 saturated heterocycles. The van der Waals surface area contributed by atoms with Gasteiger partial charge < -0.3 is 24.3 Å². The maximum absolute atomic E-state index is 13.2. The Balaban J connectivity index is 1.10. The van der Waals surface area contributed by atoms with Crippen LogP contribution >= 0.6 is 12.2 Å². The topological polar surface area (TPSA) is 107 Å². The Morgan fingerprint density at radius 1 is 0.854 bits per heavy atom. The van der Waals surface area contributed by atoms with E-state index in [0.717, 1.165) is 44.0 Å². The van der Waals surface area contributed by atoms with Crippen LogP contribution in [0.5, 0.6) is 0 Å². The van der Waals surface area contributed by atoms with E-state index in [0.29, 0.717) is 56.8 Å². The summed E-state index contributed by atoms with van der Waals surface area (Å²) in [6.45, 7) is 11.8. The lowest BCUT2D eigenvalue weighted by Crippen LogP contribution is -2.56. The summed E-state index contributed by atoms with van der Waals surface area (Å²) in [6, 6.07) is 0. The summed E-state index contributed by atoms with van der Waals surface area (Å²) in [5.41, 5.74) is -1.08. The molecule has 5 aliphatic rings. The first kappa shape index (κ1) is 28.5. The van der Waals surface area contributed by atoms with Crippen LogP contribution < -0.4 is 14.7 Å². The van der Waals surface area contributed by atoms with Gasteiger partial charge in [0.1, 0.15) is 17.9 Å². The second-order valence-electron chi connectivity index (χ2n) is 12.3. The highest BCUT2D eigenvalue weighted by atomic mass is 32.1. The number of anilines is 3. The Morgan fingerprint density at radius 3 is 1.93 bits per heavy atom. The van der Waals surface area contributed by atoms with Crippen molar-refractivity contribution in [1.82, 2.24) is 24.9 Å². The molecule has 4 aliphatic heterocycles. The Hall–Kier alpha value is -2.64. The highest BCUT2D eigenvalue weighted by Crippen LogP contribution is 2.43. The molecule has 2 unspecified atom stereocenters. The van der Waals surface area contributed by atoms with Crippen LogP contribution in [0.3, 0.4) is 0 Å². The molecule has 1 aliphatic carbocycles. The molecule has 0 N–H and O–H groups in total. The summed E-state index contributed by atoms with van der Waals surface area (Å²) >= 11 is 5.70. The predicted molar refractivity (Wildman–Crippen MR) is 158 cm³/mol. The van der Waals surface area contributed by atoms with E-state index < -0.39 is 11.5 Å². The van der Waals surface area contributed by atoms with Crippen LogP contribution in [-0.4, -0.2) is 119 Å². The number of hydroxylamine groups is 2. The number of nitrogens with zero attached hydrogens (tertiary/aromatic N) is 8. The zero-order valence-corrected chi connectivity index (χ0v) is 25.1. The molecular weight excluding hydrogens is 544 g/mol. The number of hydrogen-bond donors (Lipinski definition) is 0. The van der Waals surface area contributed by atoms with Crippen molar-refractivity contribution in [3.8, 4) is 0 Å². The van der Waals surface area contributed by atoms with Crippen molar-refractivity contribution in [2.24, 2.45) is 11.8 Å². The standard InChI is InChI=1S/C28H42N8O4S/c1-20(2)18-40-36-12-7-21-22(37)17-23(38)28(21,36)19-39-27(41)35-15-13-34(14-16-35)26-30-24(32-8-3-4-9-32)29-25(31-26)33-10-5-6-11-33/h20-21H,3-19H2,1-2H3. The highest BCUT2D eigenvalue weighted by Gasteiger charge is 2.63.